The van der Waals surface area contributed by atoms with E-state index in [1.165, 1.54) is 0 Å². The van der Waals surface area contributed by atoms with E-state index in [1.807, 2.05) is 0 Å². The minimum Gasteiger partial charge on any atom is -0.481 e. The molecule has 0 aromatic carbocycles. The highest BCUT2D eigenvalue weighted by atomic mass is 16.5. The molecular formula is C11H20O6. The molecule has 0 aromatic rings. The monoisotopic (exact) mass is 248 g/mol. The average molecular weight is 248 g/mol. The maximum Gasteiger partial charge on any atom is 0.320 e. The molecule has 0 saturated carbocycles. The van der Waals surface area contributed by atoms with E-state index in [1.54, 1.807) is 14.0 Å². The van der Waals surface area contributed by atoms with Crippen LogP contribution in [0.4, 0.5) is 0 Å². The van der Waals surface area contributed by atoms with Gasteiger partial charge in [-0.2, -0.15) is 0 Å². The molecule has 0 aromatic heterocycles. The zero-order valence-corrected chi connectivity index (χ0v) is 10.3. The van der Waals surface area contributed by atoms with E-state index in [4.69, 9.17) is 14.6 Å². The van der Waals surface area contributed by atoms with Crippen molar-refractivity contribution in [3.63, 3.8) is 0 Å². The Morgan fingerprint density at radius 3 is 2.47 bits per heavy atom. The molecule has 0 saturated heterocycles. The molecule has 17 heavy (non-hydrogen) atoms. The van der Waals surface area contributed by atoms with Crippen molar-refractivity contribution >= 4 is 11.9 Å². The summed E-state index contributed by atoms with van der Waals surface area (Å²) in [5.41, 5.74) is 0. The van der Waals surface area contributed by atoms with Crippen molar-refractivity contribution < 1.29 is 28.9 Å². The van der Waals surface area contributed by atoms with Crippen molar-refractivity contribution in [1.29, 1.82) is 0 Å². The number of hydrogen-bond donors (Lipinski definition) is 1. The van der Waals surface area contributed by atoms with Crippen LogP contribution in [0, 0.1) is 5.92 Å². The third-order valence-electron chi connectivity index (χ3n) is 2.06. The quantitative estimate of drug-likeness (QED) is 0.348. The molecule has 0 fully saturated rings. The van der Waals surface area contributed by atoms with Crippen LogP contribution in [0.5, 0.6) is 0 Å². The van der Waals surface area contributed by atoms with Crippen LogP contribution in [0.2, 0.25) is 0 Å². The number of methoxy groups -OCH3 is 1. The normalized spacial score (nSPS) is 12.1. The number of ether oxygens (including phenoxy) is 3. The van der Waals surface area contributed by atoms with Crippen LogP contribution in [0.3, 0.4) is 0 Å². The molecule has 0 bridgehead atoms. The first-order valence-corrected chi connectivity index (χ1v) is 5.59. The van der Waals surface area contributed by atoms with E-state index in [9.17, 15) is 9.59 Å². The fourth-order valence-corrected chi connectivity index (χ4v) is 1.19. The predicted molar refractivity (Wildman–Crippen MR) is 59.7 cm³/mol. The van der Waals surface area contributed by atoms with Gasteiger partial charge in [0.2, 0.25) is 0 Å². The van der Waals surface area contributed by atoms with Gasteiger partial charge in [0.05, 0.1) is 6.61 Å². The summed E-state index contributed by atoms with van der Waals surface area (Å²) < 4.78 is 14.7. The summed E-state index contributed by atoms with van der Waals surface area (Å²) in [6, 6.07) is 0. The van der Waals surface area contributed by atoms with Gasteiger partial charge in [0.1, 0.15) is 0 Å². The molecule has 0 aliphatic rings. The van der Waals surface area contributed by atoms with Gasteiger partial charge >= 0.3 is 11.9 Å². The standard InChI is InChI=1S/C11H20O6/c1-3-17-11(14)9(10(12)13)5-8-16-7-4-6-15-2/h9H,3-8H2,1-2H3,(H,12,13). The summed E-state index contributed by atoms with van der Waals surface area (Å²) in [6.45, 7) is 3.12. The fourth-order valence-electron chi connectivity index (χ4n) is 1.19. The Hall–Kier alpha value is -1.14. The van der Waals surface area contributed by atoms with Crippen LogP contribution < -0.4 is 0 Å². The minimum atomic E-state index is -1.18. The molecule has 0 heterocycles. The number of carboxylic acids is 1. The summed E-state index contributed by atoms with van der Waals surface area (Å²) in [5, 5.41) is 8.83. The molecule has 0 amide bonds. The third kappa shape index (κ3) is 7.70. The van der Waals surface area contributed by atoms with Gasteiger partial charge < -0.3 is 19.3 Å². The Morgan fingerprint density at radius 1 is 1.24 bits per heavy atom. The van der Waals surface area contributed by atoms with Crippen LogP contribution in [0.1, 0.15) is 19.8 Å². The lowest BCUT2D eigenvalue weighted by molar-refractivity contribution is -0.159. The van der Waals surface area contributed by atoms with Crippen LogP contribution in [-0.2, 0) is 23.8 Å². The van der Waals surface area contributed by atoms with Crippen molar-refractivity contribution in [2.24, 2.45) is 5.92 Å². The molecular weight excluding hydrogens is 228 g/mol. The number of esters is 1. The van der Waals surface area contributed by atoms with Gasteiger partial charge in [-0.15, -0.1) is 0 Å². The highest BCUT2D eigenvalue weighted by Crippen LogP contribution is 2.07. The lowest BCUT2D eigenvalue weighted by atomic mass is 10.1. The molecule has 0 aliphatic heterocycles. The second kappa shape index (κ2) is 10.0. The number of hydrogen-bond acceptors (Lipinski definition) is 5. The van der Waals surface area contributed by atoms with Gasteiger partial charge in [0, 0.05) is 26.9 Å². The summed E-state index contributed by atoms with van der Waals surface area (Å²) in [5.74, 6) is -3.03. The zero-order chi connectivity index (χ0) is 13.1. The van der Waals surface area contributed by atoms with Gasteiger partial charge in [-0.3, -0.25) is 9.59 Å². The average Bonchev–Trinajstić information content (AvgIpc) is 2.27. The number of rotatable bonds is 10. The fraction of sp³-hybridized carbons (Fsp3) is 0.818. The second-order valence-corrected chi connectivity index (χ2v) is 3.39. The molecule has 0 spiro atoms. The number of carbonyl (C=O) groups is 2. The molecule has 1 unspecified atom stereocenters. The Morgan fingerprint density at radius 2 is 1.94 bits per heavy atom. The van der Waals surface area contributed by atoms with E-state index < -0.39 is 17.9 Å². The summed E-state index contributed by atoms with van der Waals surface area (Å²) >= 11 is 0. The highest BCUT2D eigenvalue weighted by Gasteiger charge is 2.27. The maximum absolute atomic E-state index is 11.3. The SMILES string of the molecule is CCOC(=O)C(CCOCCCOC)C(=O)O. The van der Waals surface area contributed by atoms with Crippen LogP contribution in [-0.4, -0.2) is 50.6 Å². The van der Waals surface area contributed by atoms with E-state index in [-0.39, 0.29) is 19.6 Å². The summed E-state index contributed by atoms with van der Waals surface area (Å²) in [6.07, 6.45) is 0.870. The lowest BCUT2D eigenvalue weighted by Crippen LogP contribution is -2.27. The first kappa shape index (κ1) is 15.9. The number of carbonyl (C=O) groups excluding carboxylic acids is 1. The summed E-state index contributed by atoms with van der Waals surface area (Å²) in [7, 11) is 1.60. The van der Waals surface area contributed by atoms with Gasteiger partial charge in [-0.25, -0.2) is 0 Å². The molecule has 0 rings (SSSR count). The van der Waals surface area contributed by atoms with Crippen LogP contribution in [0.15, 0.2) is 0 Å². The predicted octanol–water partition coefficient (Wildman–Crippen LogP) is 0.694. The van der Waals surface area contributed by atoms with E-state index in [0.717, 1.165) is 6.42 Å². The van der Waals surface area contributed by atoms with Crippen molar-refractivity contribution in [3.05, 3.63) is 0 Å². The first-order valence-electron chi connectivity index (χ1n) is 5.59. The van der Waals surface area contributed by atoms with Gasteiger partial charge in [-0.1, -0.05) is 0 Å². The van der Waals surface area contributed by atoms with Crippen molar-refractivity contribution in [3.8, 4) is 0 Å². The highest BCUT2D eigenvalue weighted by molar-refractivity contribution is 5.93. The third-order valence-corrected chi connectivity index (χ3v) is 2.06. The van der Waals surface area contributed by atoms with Crippen LogP contribution in [0.25, 0.3) is 0 Å². The van der Waals surface area contributed by atoms with E-state index in [2.05, 4.69) is 4.74 Å². The first-order chi connectivity index (χ1) is 8.13. The molecule has 1 atom stereocenters. The maximum atomic E-state index is 11.3. The van der Waals surface area contributed by atoms with Crippen molar-refractivity contribution in [2.75, 3.05) is 33.5 Å². The molecule has 1 N–H and O–H groups in total. The zero-order valence-electron chi connectivity index (χ0n) is 10.3. The molecule has 6 nitrogen and oxygen atoms in total. The van der Waals surface area contributed by atoms with Gasteiger partial charge in [-0.05, 0) is 19.8 Å². The Labute approximate surface area is 101 Å². The minimum absolute atomic E-state index is 0.126. The topological polar surface area (TPSA) is 82.1 Å². The summed E-state index contributed by atoms with van der Waals surface area (Å²) in [4.78, 5) is 22.1. The molecule has 100 valence electrons. The van der Waals surface area contributed by atoms with Crippen molar-refractivity contribution in [1.82, 2.24) is 0 Å². The second-order valence-electron chi connectivity index (χ2n) is 3.39. The van der Waals surface area contributed by atoms with Crippen LogP contribution >= 0.6 is 0 Å². The van der Waals surface area contributed by atoms with E-state index >= 15 is 0 Å². The Kier molecular flexibility index (Phi) is 9.37. The number of carboxylic acid groups (broad SMARTS) is 1. The smallest absolute Gasteiger partial charge is 0.320 e. The Balaban J connectivity index is 3.78. The Bertz CT molecular complexity index is 228. The van der Waals surface area contributed by atoms with Crippen molar-refractivity contribution in [2.45, 2.75) is 19.8 Å². The lowest BCUT2D eigenvalue weighted by Gasteiger charge is -2.11. The molecule has 0 aliphatic carbocycles. The van der Waals surface area contributed by atoms with E-state index in [0.29, 0.717) is 13.2 Å². The number of aliphatic carboxylic acids is 1. The molecule has 0 radical (unpaired) electrons. The van der Waals surface area contributed by atoms with Gasteiger partial charge in [0.15, 0.2) is 5.92 Å². The van der Waals surface area contributed by atoms with Gasteiger partial charge in [0.25, 0.3) is 0 Å². The molecule has 6 heteroatoms. The largest absolute Gasteiger partial charge is 0.481 e.